The lowest BCUT2D eigenvalue weighted by Crippen LogP contribution is -2.41. The summed E-state index contributed by atoms with van der Waals surface area (Å²) in [7, 11) is 0. The summed E-state index contributed by atoms with van der Waals surface area (Å²) in [6.07, 6.45) is 7.19. The van der Waals surface area contributed by atoms with Crippen molar-refractivity contribution in [3.05, 3.63) is 9.98 Å². The van der Waals surface area contributed by atoms with Crippen LogP contribution in [-0.2, 0) is 0 Å². The van der Waals surface area contributed by atoms with Crippen LogP contribution in [0.1, 0.15) is 32.1 Å². The smallest absolute Gasteiger partial charge is 0.186 e. The van der Waals surface area contributed by atoms with Crippen molar-refractivity contribution in [2.75, 3.05) is 18.0 Å². The van der Waals surface area contributed by atoms with Crippen molar-refractivity contribution in [1.82, 2.24) is 4.98 Å². The summed E-state index contributed by atoms with van der Waals surface area (Å²) in [5.74, 6) is 1.94. The highest BCUT2D eigenvalue weighted by molar-refractivity contribution is 9.10. The molecular formula is C12H17BrN2S. The van der Waals surface area contributed by atoms with Crippen molar-refractivity contribution in [3.63, 3.8) is 0 Å². The zero-order valence-corrected chi connectivity index (χ0v) is 11.8. The van der Waals surface area contributed by atoms with Crippen LogP contribution in [0, 0.1) is 11.8 Å². The van der Waals surface area contributed by atoms with Crippen molar-refractivity contribution in [1.29, 1.82) is 0 Å². The van der Waals surface area contributed by atoms with Crippen molar-refractivity contribution in [3.8, 4) is 0 Å². The number of aromatic nitrogens is 1. The summed E-state index contributed by atoms with van der Waals surface area (Å²) in [5.41, 5.74) is 0. The van der Waals surface area contributed by atoms with Crippen LogP contribution >= 0.6 is 27.3 Å². The third-order valence-corrected chi connectivity index (χ3v) is 5.64. The van der Waals surface area contributed by atoms with Crippen LogP contribution in [0.5, 0.6) is 0 Å². The lowest BCUT2D eigenvalue weighted by Gasteiger charge is -2.41. The van der Waals surface area contributed by atoms with Crippen molar-refractivity contribution >= 4 is 32.4 Å². The number of piperidine rings is 1. The van der Waals surface area contributed by atoms with Crippen LogP contribution < -0.4 is 4.90 Å². The Kier molecular flexibility index (Phi) is 3.20. The first-order valence-corrected chi connectivity index (χ1v) is 7.86. The number of hydrogen-bond donors (Lipinski definition) is 0. The molecule has 1 saturated heterocycles. The fraction of sp³-hybridized carbons (Fsp3) is 0.750. The number of nitrogens with zero attached hydrogens (tertiary/aromatic N) is 2. The SMILES string of the molecule is Brc1csc(N2CCC3CCCCC3C2)n1. The van der Waals surface area contributed by atoms with Crippen LogP contribution in [0.4, 0.5) is 5.13 Å². The highest BCUT2D eigenvalue weighted by Crippen LogP contribution is 2.38. The minimum Gasteiger partial charge on any atom is -0.348 e. The Bertz CT molecular complexity index is 366. The molecule has 1 saturated carbocycles. The van der Waals surface area contributed by atoms with Crippen molar-refractivity contribution in [2.45, 2.75) is 32.1 Å². The average molecular weight is 301 g/mol. The molecule has 1 aliphatic carbocycles. The summed E-state index contributed by atoms with van der Waals surface area (Å²) in [6.45, 7) is 2.45. The molecule has 1 aromatic heterocycles. The quantitative estimate of drug-likeness (QED) is 0.781. The lowest BCUT2D eigenvalue weighted by molar-refractivity contribution is 0.202. The number of fused-ring (bicyclic) bond motifs is 1. The second kappa shape index (κ2) is 4.65. The van der Waals surface area contributed by atoms with E-state index in [0.717, 1.165) is 16.4 Å². The maximum atomic E-state index is 4.53. The first-order chi connectivity index (χ1) is 7.83. The molecule has 4 heteroatoms. The van der Waals surface area contributed by atoms with Gasteiger partial charge < -0.3 is 4.90 Å². The van der Waals surface area contributed by atoms with E-state index in [0.29, 0.717) is 0 Å². The number of rotatable bonds is 1. The van der Waals surface area contributed by atoms with E-state index < -0.39 is 0 Å². The Hall–Kier alpha value is -0.0900. The summed E-state index contributed by atoms with van der Waals surface area (Å²) in [4.78, 5) is 7.02. The molecular weight excluding hydrogens is 284 g/mol. The molecule has 3 rings (SSSR count). The van der Waals surface area contributed by atoms with E-state index in [-0.39, 0.29) is 0 Å². The topological polar surface area (TPSA) is 16.1 Å². The molecule has 2 unspecified atom stereocenters. The molecule has 2 fully saturated rings. The number of hydrogen-bond acceptors (Lipinski definition) is 3. The van der Waals surface area contributed by atoms with E-state index in [1.165, 1.54) is 50.3 Å². The Morgan fingerprint density at radius 3 is 2.81 bits per heavy atom. The number of anilines is 1. The fourth-order valence-electron chi connectivity index (χ4n) is 3.17. The number of halogens is 1. The first-order valence-electron chi connectivity index (χ1n) is 6.19. The van der Waals surface area contributed by atoms with E-state index in [1.54, 1.807) is 11.3 Å². The molecule has 0 N–H and O–H groups in total. The van der Waals surface area contributed by atoms with Gasteiger partial charge in [-0.05, 0) is 40.6 Å². The third kappa shape index (κ3) is 2.14. The van der Waals surface area contributed by atoms with Gasteiger partial charge in [0.15, 0.2) is 5.13 Å². The van der Waals surface area contributed by atoms with Gasteiger partial charge in [0.2, 0.25) is 0 Å². The van der Waals surface area contributed by atoms with Gasteiger partial charge in [0.1, 0.15) is 4.60 Å². The van der Waals surface area contributed by atoms with Gasteiger partial charge in [-0.25, -0.2) is 4.98 Å². The first kappa shape index (κ1) is 11.0. The molecule has 1 aromatic rings. The summed E-state index contributed by atoms with van der Waals surface area (Å²) in [5, 5.41) is 3.29. The van der Waals surface area contributed by atoms with Crippen LogP contribution in [0.2, 0.25) is 0 Å². The molecule has 16 heavy (non-hydrogen) atoms. The van der Waals surface area contributed by atoms with Crippen LogP contribution in [0.15, 0.2) is 9.98 Å². The van der Waals surface area contributed by atoms with Gasteiger partial charge in [-0.1, -0.05) is 19.3 Å². The van der Waals surface area contributed by atoms with E-state index >= 15 is 0 Å². The summed E-state index contributed by atoms with van der Waals surface area (Å²) in [6, 6.07) is 0. The normalized spacial score (nSPS) is 30.2. The van der Waals surface area contributed by atoms with Crippen LogP contribution in [0.3, 0.4) is 0 Å². The fourth-order valence-corrected chi connectivity index (χ4v) is 4.45. The maximum Gasteiger partial charge on any atom is 0.186 e. The lowest BCUT2D eigenvalue weighted by atomic mass is 9.75. The molecule has 88 valence electrons. The molecule has 2 heterocycles. The highest BCUT2D eigenvalue weighted by Gasteiger charge is 2.31. The number of thiazole rings is 1. The average Bonchev–Trinajstić information content (AvgIpc) is 2.75. The predicted molar refractivity (Wildman–Crippen MR) is 72.1 cm³/mol. The van der Waals surface area contributed by atoms with Gasteiger partial charge >= 0.3 is 0 Å². The maximum absolute atomic E-state index is 4.53. The molecule has 1 aliphatic heterocycles. The van der Waals surface area contributed by atoms with Crippen molar-refractivity contribution in [2.24, 2.45) is 11.8 Å². The van der Waals surface area contributed by atoms with E-state index in [4.69, 9.17) is 0 Å². The Morgan fingerprint density at radius 2 is 2.06 bits per heavy atom. The van der Waals surface area contributed by atoms with Gasteiger partial charge in [-0.2, -0.15) is 0 Å². The van der Waals surface area contributed by atoms with Gasteiger partial charge in [0.25, 0.3) is 0 Å². The second-order valence-corrected chi connectivity index (χ2v) is 6.64. The molecule has 0 amide bonds. The molecule has 0 radical (unpaired) electrons. The Morgan fingerprint density at radius 1 is 1.25 bits per heavy atom. The van der Waals surface area contributed by atoms with E-state index in [9.17, 15) is 0 Å². The molecule has 0 spiro atoms. The largest absolute Gasteiger partial charge is 0.348 e. The van der Waals surface area contributed by atoms with Gasteiger partial charge in [0, 0.05) is 18.5 Å². The second-order valence-electron chi connectivity index (χ2n) is 4.99. The zero-order chi connectivity index (χ0) is 11.0. The van der Waals surface area contributed by atoms with Gasteiger partial charge in [-0.15, -0.1) is 11.3 Å². The molecule has 2 atom stereocenters. The van der Waals surface area contributed by atoms with Crippen LogP contribution in [-0.4, -0.2) is 18.1 Å². The Labute approximate surface area is 109 Å². The monoisotopic (exact) mass is 300 g/mol. The molecule has 2 nitrogen and oxygen atoms in total. The van der Waals surface area contributed by atoms with E-state index in [1.807, 2.05) is 0 Å². The minimum atomic E-state index is 0.935. The summed E-state index contributed by atoms with van der Waals surface area (Å²) < 4.78 is 0.985. The summed E-state index contributed by atoms with van der Waals surface area (Å²) >= 11 is 5.20. The zero-order valence-electron chi connectivity index (χ0n) is 9.36. The van der Waals surface area contributed by atoms with Crippen molar-refractivity contribution < 1.29 is 0 Å². The van der Waals surface area contributed by atoms with Crippen LogP contribution in [0.25, 0.3) is 0 Å². The molecule has 0 aromatic carbocycles. The van der Waals surface area contributed by atoms with E-state index in [2.05, 4.69) is 31.2 Å². The molecule has 2 aliphatic rings. The molecule has 0 bridgehead atoms. The predicted octanol–water partition coefficient (Wildman–Crippen LogP) is 3.92. The highest BCUT2D eigenvalue weighted by atomic mass is 79.9. The Balaban J connectivity index is 1.70. The minimum absolute atomic E-state index is 0.935. The van der Waals surface area contributed by atoms with Gasteiger partial charge in [0.05, 0.1) is 0 Å². The standard InChI is InChI=1S/C12H17BrN2S/c13-11-8-16-12(14-11)15-6-5-9-3-1-2-4-10(9)7-15/h8-10H,1-7H2. The van der Waals surface area contributed by atoms with Gasteiger partial charge in [-0.3, -0.25) is 0 Å². The third-order valence-electron chi connectivity index (χ3n) is 4.03.